The highest BCUT2D eigenvalue weighted by Gasteiger charge is 2.15. The van der Waals surface area contributed by atoms with Crippen LogP contribution in [-0.4, -0.2) is 43.1 Å². The van der Waals surface area contributed by atoms with Crippen molar-refractivity contribution in [1.82, 2.24) is 16.0 Å². The van der Waals surface area contributed by atoms with Crippen LogP contribution >= 0.6 is 0 Å². The van der Waals surface area contributed by atoms with E-state index in [0.717, 1.165) is 0 Å². The molecule has 120 valence electrons. The molecule has 0 aromatic heterocycles. The average Bonchev–Trinajstić information content (AvgIpc) is 2.31. The van der Waals surface area contributed by atoms with E-state index in [1.54, 1.807) is 27.7 Å². The Morgan fingerprint density at radius 2 is 1.57 bits per heavy atom. The molecule has 0 radical (unpaired) electrons. The lowest BCUT2D eigenvalue weighted by atomic mass is 10.2. The molecule has 7 heteroatoms. The van der Waals surface area contributed by atoms with Crippen molar-refractivity contribution in [1.29, 1.82) is 0 Å². The number of alkyl carbamates (subject to hydrolysis) is 1. The Labute approximate surface area is 125 Å². The molecule has 0 saturated carbocycles. The quantitative estimate of drug-likeness (QED) is 0.476. The molecular formula is C14H25N3O4. The molecule has 0 fully saturated rings. The Morgan fingerprint density at radius 3 is 2.10 bits per heavy atom. The summed E-state index contributed by atoms with van der Waals surface area (Å²) in [4.78, 5) is 33.9. The third-order valence-corrected chi connectivity index (χ3v) is 2.14. The van der Waals surface area contributed by atoms with Gasteiger partial charge in [-0.05, 0) is 27.7 Å². The smallest absolute Gasteiger partial charge is 0.407 e. The van der Waals surface area contributed by atoms with Crippen molar-refractivity contribution in [2.45, 2.75) is 39.7 Å². The maximum Gasteiger partial charge on any atom is 0.407 e. The summed E-state index contributed by atoms with van der Waals surface area (Å²) in [5.41, 5.74) is -0.142. The minimum absolute atomic E-state index is 0.147. The fourth-order valence-corrected chi connectivity index (χ4v) is 1.21. The van der Waals surface area contributed by atoms with Gasteiger partial charge in [-0.25, -0.2) is 4.79 Å². The molecule has 0 unspecified atom stereocenters. The van der Waals surface area contributed by atoms with Crippen LogP contribution in [0.1, 0.15) is 34.1 Å². The highest BCUT2D eigenvalue weighted by Crippen LogP contribution is 2.06. The lowest BCUT2D eigenvalue weighted by molar-refractivity contribution is -0.121. The molecule has 0 bridgehead atoms. The maximum atomic E-state index is 11.5. The van der Waals surface area contributed by atoms with Crippen LogP contribution in [0.25, 0.3) is 0 Å². The Hall–Kier alpha value is -2.05. The molecule has 21 heavy (non-hydrogen) atoms. The van der Waals surface area contributed by atoms with Gasteiger partial charge < -0.3 is 20.7 Å². The second-order valence-electron chi connectivity index (χ2n) is 5.56. The molecule has 0 aliphatic heterocycles. The van der Waals surface area contributed by atoms with Crippen LogP contribution in [-0.2, 0) is 14.3 Å². The van der Waals surface area contributed by atoms with E-state index in [2.05, 4.69) is 22.5 Å². The Bertz CT molecular complexity index is 400. The summed E-state index contributed by atoms with van der Waals surface area (Å²) < 4.78 is 5.03. The fourth-order valence-electron chi connectivity index (χ4n) is 1.21. The summed E-state index contributed by atoms with van der Waals surface area (Å²) >= 11 is 0. The molecule has 0 aliphatic carbocycles. The van der Waals surface area contributed by atoms with Crippen LogP contribution in [0.5, 0.6) is 0 Å². The van der Waals surface area contributed by atoms with Gasteiger partial charge in [0.25, 0.3) is 0 Å². The van der Waals surface area contributed by atoms with Crippen molar-refractivity contribution in [2.75, 3.05) is 19.6 Å². The van der Waals surface area contributed by atoms with E-state index in [1.807, 2.05) is 0 Å². The molecule has 0 heterocycles. The number of carbonyl (C=O) groups is 3. The Kier molecular flexibility index (Phi) is 8.11. The van der Waals surface area contributed by atoms with Crippen molar-refractivity contribution in [3.05, 3.63) is 12.2 Å². The molecule has 3 amide bonds. The minimum atomic E-state index is -0.562. The third-order valence-electron chi connectivity index (χ3n) is 2.14. The number of hydrogen-bond donors (Lipinski definition) is 3. The van der Waals surface area contributed by atoms with Crippen LogP contribution < -0.4 is 16.0 Å². The molecule has 0 aliphatic rings. The van der Waals surface area contributed by atoms with Gasteiger partial charge in [0.2, 0.25) is 11.8 Å². The standard InChI is InChI=1S/C14H25N3O4/c1-10(2)12(19)16-9-8-15-11(18)6-7-17-13(20)21-14(3,4)5/h1,6-9H2,2-5H3,(H,15,18)(H,16,19)(H,17,20). The first kappa shape index (κ1) is 18.9. The van der Waals surface area contributed by atoms with Crippen molar-refractivity contribution in [3.63, 3.8) is 0 Å². The summed E-state index contributed by atoms with van der Waals surface area (Å²) in [6, 6.07) is 0. The molecule has 7 nitrogen and oxygen atoms in total. The molecule has 0 spiro atoms. The van der Waals surface area contributed by atoms with Crippen molar-refractivity contribution in [2.24, 2.45) is 0 Å². The molecule has 0 aromatic carbocycles. The predicted molar refractivity (Wildman–Crippen MR) is 79.7 cm³/mol. The number of amides is 3. The molecule has 3 N–H and O–H groups in total. The van der Waals surface area contributed by atoms with E-state index in [0.29, 0.717) is 18.7 Å². The second kappa shape index (κ2) is 8.99. The van der Waals surface area contributed by atoms with Gasteiger partial charge in [0.05, 0.1) is 0 Å². The summed E-state index contributed by atoms with van der Waals surface area (Å²) in [5, 5.41) is 7.71. The number of rotatable bonds is 7. The normalized spacial score (nSPS) is 10.5. The largest absolute Gasteiger partial charge is 0.444 e. The van der Waals surface area contributed by atoms with Gasteiger partial charge in [0.1, 0.15) is 5.60 Å². The summed E-state index contributed by atoms with van der Waals surface area (Å²) in [6.45, 7) is 11.2. The molecule has 0 rings (SSSR count). The summed E-state index contributed by atoms with van der Waals surface area (Å²) in [6.07, 6.45) is -0.405. The van der Waals surface area contributed by atoms with E-state index in [-0.39, 0.29) is 24.8 Å². The predicted octanol–water partition coefficient (Wildman–Crippen LogP) is 0.710. The second-order valence-corrected chi connectivity index (χ2v) is 5.56. The van der Waals surface area contributed by atoms with Crippen molar-refractivity contribution < 1.29 is 19.1 Å². The van der Waals surface area contributed by atoms with Gasteiger partial charge >= 0.3 is 6.09 Å². The Morgan fingerprint density at radius 1 is 1.00 bits per heavy atom. The number of hydrogen-bond acceptors (Lipinski definition) is 4. The third kappa shape index (κ3) is 11.5. The van der Waals surface area contributed by atoms with E-state index >= 15 is 0 Å². The summed E-state index contributed by atoms with van der Waals surface area (Å²) in [5.74, 6) is -0.452. The van der Waals surface area contributed by atoms with Gasteiger partial charge in [-0.1, -0.05) is 6.58 Å². The van der Waals surface area contributed by atoms with Crippen LogP contribution in [0, 0.1) is 0 Å². The van der Waals surface area contributed by atoms with Crippen molar-refractivity contribution in [3.8, 4) is 0 Å². The SMILES string of the molecule is C=C(C)C(=O)NCCNC(=O)CCNC(=O)OC(C)(C)C. The average molecular weight is 299 g/mol. The lowest BCUT2D eigenvalue weighted by Gasteiger charge is -2.19. The van der Waals surface area contributed by atoms with E-state index < -0.39 is 11.7 Å². The first-order chi connectivity index (χ1) is 9.61. The number of ether oxygens (including phenoxy) is 1. The van der Waals surface area contributed by atoms with Gasteiger partial charge in [-0.2, -0.15) is 0 Å². The molecule has 0 atom stereocenters. The molecule has 0 saturated heterocycles. The van der Waals surface area contributed by atoms with Crippen LogP contribution in [0.15, 0.2) is 12.2 Å². The first-order valence-electron chi connectivity index (χ1n) is 6.79. The van der Waals surface area contributed by atoms with Crippen LogP contribution in [0.3, 0.4) is 0 Å². The molecule has 0 aromatic rings. The van der Waals surface area contributed by atoms with Crippen LogP contribution in [0.2, 0.25) is 0 Å². The topological polar surface area (TPSA) is 96.5 Å². The highest BCUT2D eigenvalue weighted by atomic mass is 16.6. The van der Waals surface area contributed by atoms with E-state index in [1.165, 1.54) is 0 Å². The number of carbonyl (C=O) groups excluding carboxylic acids is 3. The lowest BCUT2D eigenvalue weighted by Crippen LogP contribution is -2.37. The van der Waals surface area contributed by atoms with Gasteiger partial charge in [-0.15, -0.1) is 0 Å². The zero-order valence-corrected chi connectivity index (χ0v) is 13.2. The Balaban J connectivity index is 3.66. The maximum absolute atomic E-state index is 11.5. The van der Waals surface area contributed by atoms with E-state index in [9.17, 15) is 14.4 Å². The zero-order chi connectivity index (χ0) is 16.5. The van der Waals surface area contributed by atoms with Gasteiger partial charge in [-0.3, -0.25) is 9.59 Å². The van der Waals surface area contributed by atoms with Gasteiger partial charge in [0.15, 0.2) is 0 Å². The minimum Gasteiger partial charge on any atom is -0.444 e. The molecular weight excluding hydrogens is 274 g/mol. The van der Waals surface area contributed by atoms with Crippen LogP contribution in [0.4, 0.5) is 4.79 Å². The monoisotopic (exact) mass is 299 g/mol. The fraction of sp³-hybridized carbons (Fsp3) is 0.643. The van der Waals surface area contributed by atoms with Crippen molar-refractivity contribution >= 4 is 17.9 Å². The number of nitrogens with one attached hydrogen (secondary N) is 3. The first-order valence-corrected chi connectivity index (χ1v) is 6.79. The highest BCUT2D eigenvalue weighted by molar-refractivity contribution is 5.92. The summed E-state index contributed by atoms with van der Waals surface area (Å²) in [7, 11) is 0. The van der Waals surface area contributed by atoms with E-state index in [4.69, 9.17) is 4.74 Å². The van der Waals surface area contributed by atoms with Gasteiger partial charge in [0, 0.05) is 31.6 Å². The zero-order valence-electron chi connectivity index (χ0n) is 13.2.